The molecule has 3 aromatic rings. The summed E-state index contributed by atoms with van der Waals surface area (Å²) in [5.41, 5.74) is 4.75. The zero-order valence-electron chi connectivity index (χ0n) is 18.4. The quantitative estimate of drug-likeness (QED) is 0.626. The van der Waals surface area contributed by atoms with Gasteiger partial charge >= 0.3 is 0 Å². The van der Waals surface area contributed by atoms with Crippen molar-refractivity contribution in [2.45, 2.75) is 20.3 Å². The minimum Gasteiger partial charge on any atom is -0.340 e. The van der Waals surface area contributed by atoms with Crippen molar-refractivity contribution in [3.8, 4) is 10.6 Å². The summed E-state index contributed by atoms with van der Waals surface area (Å²) in [6.07, 6.45) is 3.80. The summed E-state index contributed by atoms with van der Waals surface area (Å²) >= 11 is 1.53. The van der Waals surface area contributed by atoms with E-state index in [0.717, 1.165) is 33.1 Å². The fraction of sp³-hybridized carbons (Fsp3) is 0.333. The summed E-state index contributed by atoms with van der Waals surface area (Å²) in [7, 11) is 0. The molecule has 166 valence electrons. The Morgan fingerprint density at radius 3 is 2.50 bits per heavy atom. The first-order valence-corrected chi connectivity index (χ1v) is 11.6. The molecule has 0 unspecified atom stereocenters. The van der Waals surface area contributed by atoms with Gasteiger partial charge in [-0.15, -0.1) is 11.3 Å². The number of para-hydroxylation sites is 1. The van der Waals surface area contributed by atoms with E-state index in [1.165, 1.54) is 11.3 Å². The normalized spacial score (nSPS) is 14.4. The zero-order valence-corrected chi connectivity index (χ0v) is 19.2. The van der Waals surface area contributed by atoms with Crippen molar-refractivity contribution in [2.24, 2.45) is 0 Å². The lowest BCUT2D eigenvalue weighted by molar-refractivity contribution is -0.132. The van der Waals surface area contributed by atoms with Crippen LogP contribution in [-0.4, -0.2) is 64.3 Å². The molecule has 2 amide bonds. The fourth-order valence-corrected chi connectivity index (χ4v) is 4.64. The number of rotatable bonds is 6. The third-order valence-corrected chi connectivity index (χ3v) is 6.57. The van der Waals surface area contributed by atoms with Crippen LogP contribution in [0.15, 0.2) is 48.1 Å². The van der Waals surface area contributed by atoms with E-state index in [1.54, 1.807) is 12.4 Å². The van der Waals surface area contributed by atoms with Crippen LogP contribution in [0.4, 0.5) is 5.69 Å². The van der Waals surface area contributed by atoms with Gasteiger partial charge in [-0.1, -0.05) is 18.2 Å². The van der Waals surface area contributed by atoms with Gasteiger partial charge in [-0.25, -0.2) is 4.98 Å². The van der Waals surface area contributed by atoms with Crippen molar-refractivity contribution in [1.82, 2.24) is 19.8 Å². The molecular formula is C24H27N5O2S. The maximum Gasteiger partial charge on any atom is 0.238 e. The standard InChI is InChI=1S/C24H27N5O2S/c1-17-5-3-6-18(2)23(17)27-21(30)15-28-9-11-29(12-10-28)22(31)13-20-16-32-24(26-20)19-7-4-8-25-14-19/h3-8,14,16H,9-13,15H2,1-2H3,(H,27,30). The van der Waals surface area contributed by atoms with Crippen molar-refractivity contribution in [2.75, 3.05) is 38.0 Å². The van der Waals surface area contributed by atoms with Gasteiger partial charge < -0.3 is 10.2 Å². The topological polar surface area (TPSA) is 78.4 Å². The second-order valence-corrected chi connectivity index (χ2v) is 8.89. The van der Waals surface area contributed by atoms with Crippen LogP contribution in [0, 0.1) is 13.8 Å². The van der Waals surface area contributed by atoms with Gasteiger partial charge in [-0.05, 0) is 37.1 Å². The van der Waals surface area contributed by atoms with Gasteiger partial charge in [0.25, 0.3) is 0 Å². The van der Waals surface area contributed by atoms with Crippen molar-refractivity contribution in [1.29, 1.82) is 0 Å². The number of aryl methyl sites for hydroxylation is 2. The average Bonchev–Trinajstić information content (AvgIpc) is 3.26. The monoisotopic (exact) mass is 449 g/mol. The number of hydrogen-bond donors (Lipinski definition) is 1. The lowest BCUT2D eigenvalue weighted by Gasteiger charge is -2.34. The molecule has 3 heterocycles. The van der Waals surface area contributed by atoms with Gasteiger partial charge in [-0.3, -0.25) is 19.5 Å². The van der Waals surface area contributed by atoms with Gasteiger partial charge in [0.15, 0.2) is 0 Å². The summed E-state index contributed by atoms with van der Waals surface area (Å²) in [6, 6.07) is 9.82. The molecule has 0 bridgehead atoms. The highest BCUT2D eigenvalue weighted by Gasteiger charge is 2.23. The van der Waals surface area contributed by atoms with E-state index in [2.05, 4.69) is 20.2 Å². The Balaban J connectivity index is 1.25. The molecule has 1 aliphatic heterocycles. The van der Waals surface area contributed by atoms with Crippen LogP contribution >= 0.6 is 11.3 Å². The predicted octanol–water partition coefficient (Wildman–Crippen LogP) is 3.15. The van der Waals surface area contributed by atoms with Crippen LogP contribution in [-0.2, 0) is 16.0 Å². The van der Waals surface area contributed by atoms with E-state index in [0.29, 0.717) is 39.1 Å². The molecule has 4 rings (SSSR count). The van der Waals surface area contributed by atoms with E-state index in [9.17, 15) is 9.59 Å². The third kappa shape index (κ3) is 5.38. The molecule has 1 aromatic carbocycles. The molecule has 2 aromatic heterocycles. The molecule has 0 aliphatic carbocycles. The first-order valence-electron chi connectivity index (χ1n) is 10.7. The minimum atomic E-state index is -0.0208. The van der Waals surface area contributed by atoms with E-state index >= 15 is 0 Å². The molecule has 0 radical (unpaired) electrons. The molecule has 1 saturated heterocycles. The van der Waals surface area contributed by atoms with E-state index < -0.39 is 0 Å². The number of nitrogens with zero attached hydrogens (tertiary/aromatic N) is 4. The summed E-state index contributed by atoms with van der Waals surface area (Å²) in [4.78, 5) is 37.9. The number of hydrogen-bond acceptors (Lipinski definition) is 6. The number of carbonyl (C=O) groups is 2. The molecule has 0 atom stereocenters. The van der Waals surface area contributed by atoms with E-state index in [4.69, 9.17) is 0 Å². The number of piperazine rings is 1. The fourth-order valence-electron chi connectivity index (χ4n) is 3.83. The van der Waals surface area contributed by atoms with E-state index in [-0.39, 0.29) is 11.8 Å². The summed E-state index contributed by atoms with van der Waals surface area (Å²) in [5, 5.41) is 5.85. The molecule has 32 heavy (non-hydrogen) atoms. The Labute approximate surface area is 192 Å². The van der Waals surface area contributed by atoms with Gasteiger partial charge in [0.05, 0.1) is 18.7 Å². The highest BCUT2D eigenvalue weighted by molar-refractivity contribution is 7.13. The van der Waals surface area contributed by atoms with Crippen LogP contribution in [0.1, 0.15) is 16.8 Å². The maximum absolute atomic E-state index is 12.7. The molecule has 0 saturated carbocycles. The molecule has 1 aliphatic rings. The van der Waals surface area contributed by atoms with Crippen molar-refractivity contribution in [3.05, 3.63) is 64.9 Å². The molecule has 0 spiro atoms. The summed E-state index contributed by atoms with van der Waals surface area (Å²) < 4.78 is 0. The van der Waals surface area contributed by atoms with E-state index in [1.807, 2.05) is 54.5 Å². The Morgan fingerprint density at radius 1 is 1.06 bits per heavy atom. The highest BCUT2D eigenvalue weighted by atomic mass is 32.1. The lowest BCUT2D eigenvalue weighted by atomic mass is 10.1. The van der Waals surface area contributed by atoms with Gasteiger partial charge in [0.1, 0.15) is 5.01 Å². The first-order chi connectivity index (χ1) is 15.5. The summed E-state index contributed by atoms with van der Waals surface area (Å²) in [6.45, 7) is 6.93. The zero-order chi connectivity index (χ0) is 22.5. The van der Waals surface area contributed by atoms with Crippen molar-refractivity contribution >= 4 is 28.8 Å². The van der Waals surface area contributed by atoms with Crippen LogP contribution in [0.2, 0.25) is 0 Å². The Kier molecular flexibility index (Phi) is 6.92. The second kappa shape index (κ2) is 10.0. The van der Waals surface area contributed by atoms with Crippen LogP contribution in [0.3, 0.4) is 0 Å². The van der Waals surface area contributed by atoms with Crippen molar-refractivity contribution in [3.63, 3.8) is 0 Å². The largest absolute Gasteiger partial charge is 0.340 e. The predicted molar refractivity (Wildman–Crippen MR) is 127 cm³/mol. The number of thiazole rings is 1. The summed E-state index contributed by atoms with van der Waals surface area (Å²) in [5.74, 6) is 0.0558. The van der Waals surface area contributed by atoms with Gasteiger partial charge in [-0.2, -0.15) is 0 Å². The molecule has 1 fully saturated rings. The Bertz CT molecular complexity index is 1070. The van der Waals surface area contributed by atoms with Crippen LogP contribution in [0.25, 0.3) is 10.6 Å². The van der Waals surface area contributed by atoms with Gasteiger partial charge in [0.2, 0.25) is 11.8 Å². The Hall–Kier alpha value is -3.10. The number of carbonyl (C=O) groups excluding carboxylic acids is 2. The first kappa shape index (κ1) is 22.1. The lowest BCUT2D eigenvalue weighted by Crippen LogP contribution is -2.50. The molecular weight excluding hydrogens is 422 g/mol. The second-order valence-electron chi connectivity index (χ2n) is 8.03. The molecule has 1 N–H and O–H groups in total. The number of benzene rings is 1. The number of aromatic nitrogens is 2. The highest BCUT2D eigenvalue weighted by Crippen LogP contribution is 2.23. The number of anilines is 1. The maximum atomic E-state index is 12.7. The smallest absolute Gasteiger partial charge is 0.238 e. The third-order valence-electron chi connectivity index (χ3n) is 5.63. The van der Waals surface area contributed by atoms with Gasteiger partial charge in [0, 0.05) is 55.2 Å². The van der Waals surface area contributed by atoms with Crippen LogP contribution in [0.5, 0.6) is 0 Å². The Morgan fingerprint density at radius 2 is 1.81 bits per heavy atom. The SMILES string of the molecule is Cc1cccc(C)c1NC(=O)CN1CCN(C(=O)Cc2csc(-c3cccnc3)n2)CC1. The molecule has 8 heteroatoms. The number of amides is 2. The molecule has 7 nitrogen and oxygen atoms in total. The average molecular weight is 450 g/mol. The number of nitrogens with one attached hydrogen (secondary N) is 1. The minimum absolute atomic E-state index is 0.0208. The van der Waals surface area contributed by atoms with Crippen LogP contribution < -0.4 is 5.32 Å². The number of pyridine rings is 1. The van der Waals surface area contributed by atoms with Crippen molar-refractivity contribution < 1.29 is 9.59 Å².